The molecule has 3 heterocycles. The van der Waals surface area contributed by atoms with Crippen LogP contribution >= 0.6 is 23.1 Å². The first-order valence-corrected chi connectivity index (χ1v) is 15.1. The first-order valence-electron chi connectivity index (χ1n) is 13.3. The fraction of sp³-hybridized carbons (Fsp3) is 0.556. The molecule has 3 aromatic rings. The smallest absolute Gasteiger partial charge is 0.270 e. The third kappa shape index (κ3) is 5.71. The number of aromatic nitrogens is 2. The molecule has 8 nitrogen and oxygen atoms in total. The molecule has 0 amide bonds. The Labute approximate surface area is 224 Å². The third-order valence-corrected chi connectivity index (χ3v) is 9.33. The summed E-state index contributed by atoms with van der Waals surface area (Å²) in [4.78, 5) is 32.1. The Bertz CT molecular complexity index is 1350. The third-order valence-electron chi connectivity index (χ3n) is 7.11. The van der Waals surface area contributed by atoms with Crippen molar-refractivity contribution in [2.24, 2.45) is 0 Å². The van der Waals surface area contributed by atoms with Crippen LogP contribution in [0.5, 0.6) is 5.75 Å². The summed E-state index contributed by atoms with van der Waals surface area (Å²) in [5.74, 6) is 1.06. The van der Waals surface area contributed by atoms with Crippen molar-refractivity contribution in [3.63, 3.8) is 0 Å². The quantitative estimate of drug-likeness (QED) is 0.0866. The van der Waals surface area contributed by atoms with E-state index in [0.29, 0.717) is 28.8 Å². The maximum Gasteiger partial charge on any atom is 0.270 e. The number of hydrogen-bond donors (Lipinski definition) is 0. The highest BCUT2D eigenvalue weighted by atomic mass is 32.2. The Morgan fingerprint density at radius 1 is 1.16 bits per heavy atom. The fourth-order valence-corrected chi connectivity index (χ4v) is 7.51. The van der Waals surface area contributed by atoms with Crippen LogP contribution in [0.1, 0.15) is 79.9 Å². The van der Waals surface area contributed by atoms with E-state index < -0.39 is 4.92 Å². The van der Waals surface area contributed by atoms with E-state index in [2.05, 4.69) is 6.92 Å². The van der Waals surface area contributed by atoms with Gasteiger partial charge < -0.3 is 9.47 Å². The molecule has 5 rings (SSSR count). The highest BCUT2D eigenvalue weighted by molar-refractivity contribution is 7.98. The lowest BCUT2D eigenvalue weighted by atomic mass is 9.97. The number of benzene rings is 1. The second-order valence-electron chi connectivity index (χ2n) is 9.76. The SMILES string of the molecule is CCCCCCCCn1c(SCc2cc([N+](=O)[O-])cc3c2OCOC3)nc2sc3c(c2c1=O)CCCC3. The number of non-ortho nitro benzene ring substituents is 1. The van der Waals surface area contributed by atoms with E-state index >= 15 is 0 Å². The van der Waals surface area contributed by atoms with Gasteiger partial charge in [-0.25, -0.2) is 4.98 Å². The van der Waals surface area contributed by atoms with Gasteiger partial charge in [0.05, 0.1) is 16.9 Å². The van der Waals surface area contributed by atoms with Crippen LogP contribution < -0.4 is 10.3 Å². The average Bonchev–Trinajstić information content (AvgIpc) is 3.28. The van der Waals surface area contributed by atoms with E-state index in [4.69, 9.17) is 14.5 Å². The Hall–Kier alpha value is -2.43. The Morgan fingerprint density at radius 2 is 1.97 bits per heavy atom. The van der Waals surface area contributed by atoms with E-state index in [-0.39, 0.29) is 24.6 Å². The summed E-state index contributed by atoms with van der Waals surface area (Å²) < 4.78 is 12.9. The van der Waals surface area contributed by atoms with Gasteiger partial charge in [0.2, 0.25) is 0 Å². The summed E-state index contributed by atoms with van der Waals surface area (Å²) in [6.07, 6.45) is 11.1. The van der Waals surface area contributed by atoms with Crippen LogP contribution in [0.4, 0.5) is 5.69 Å². The predicted molar refractivity (Wildman–Crippen MR) is 147 cm³/mol. The minimum atomic E-state index is -0.391. The molecule has 0 unspecified atom stereocenters. The molecule has 1 aliphatic heterocycles. The van der Waals surface area contributed by atoms with Gasteiger partial charge in [-0.2, -0.15) is 0 Å². The van der Waals surface area contributed by atoms with Gasteiger partial charge in [-0.3, -0.25) is 19.5 Å². The molecule has 1 aromatic carbocycles. The monoisotopic (exact) mass is 543 g/mol. The van der Waals surface area contributed by atoms with Crippen molar-refractivity contribution in [2.45, 2.75) is 95.2 Å². The topological polar surface area (TPSA) is 96.5 Å². The van der Waals surface area contributed by atoms with E-state index in [9.17, 15) is 14.9 Å². The molecule has 0 spiro atoms. The summed E-state index contributed by atoms with van der Waals surface area (Å²) >= 11 is 3.11. The number of thiophene rings is 1. The average molecular weight is 544 g/mol. The van der Waals surface area contributed by atoms with E-state index in [1.807, 2.05) is 4.57 Å². The lowest BCUT2D eigenvalue weighted by Gasteiger charge is -2.20. The van der Waals surface area contributed by atoms with Gasteiger partial charge in [-0.15, -0.1) is 11.3 Å². The van der Waals surface area contributed by atoms with Crippen molar-refractivity contribution >= 4 is 39.0 Å². The van der Waals surface area contributed by atoms with Gasteiger partial charge in [-0.05, 0) is 37.7 Å². The molecule has 1 aliphatic carbocycles. The lowest BCUT2D eigenvalue weighted by Crippen LogP contribution is -2.24. The summed E-state index contributed by atoms with van der Waals surface area (Å²) in [5, 5.41) is 13.0. The van der Waals surface area contributed by atoms with Crippen LogP contribution in [-0.2, 0) is 36.5 Å². The Kier molecular flexibility index (Phi) is 8.46. The summed E-state index contributed by atoms with van der Waals surface area (Å²) in [7, 11) is 0. The van der Waals surface area contributed by atoms with Gasteiger partial charge in [0, 0.05) is 40.4 Å². The number of ether oxygens (including phenoxy) is 2. The minimum absolute atomic E-state index is 0.0160. The van der Waals surface area contributed by atoms with Crippen LogP contribution in [-0.4, -0.2) is 21.3 Å². The summed E-state index contributed by atoms with van der Waals surface area (Å²) in [6.45, 7) is 3.25. The molecule has 0 fully saturated rings. The number of thioether (sulfide) groups is 1. The number of nitro benzene ring substituents is 1. The Morgan fingerprint density at radius 3 is 2.81 bits per heavy atom. The van der Waals surface area contributed by atoms with Crippen molar-refractivity contribution < 1.29 is 14.4 Å². The predicted octanol–water partition coefficient (Wildman–Crippen LogP) is 6.76. The summed E-state index contributed by atoms with van der Waals surface area (Å²) in [6, 6.07) is 3.08. The molecule has 2 aromatic heterocycles. The van der Waals surface area contributed by atoms with Crippen molar-refractivity contribution in [3.8, 4) is 5.75 Å². The largest absolute Gasteiger partial charge is 0.467 e. The molecule has 0 radical (unpaired) electrons. The van der Waals surface area contributed by atoms with Crippen molar-refractivity contribution in [2.75, 3.05) is 6.79 Å². The van der Waals surface area contributed by atoms with Crippen molar-refractivity contribution in [1.29, 1.82) is 0 Å². The van der Waals surface area contributed by atoms with Gasteiger partial charge in [0.25, 0.3) is 11.2 Å². The molecule has 0 bridgehead atoms. The molecule has 0 saturated carbocycles. The van der Waals surface area contributed by atoms with Crippen molar-refractivity contribution in [1.82, 2.24) is 9.55 Å². The zero-order valence-electron chi connectivity index (χ0n) is 21.3. The zero-order chi connectivity index (χ0) is 25.8. The maximum absolute atomic E-state index is 13.8. The molecule has 0 N–H and O–H groups in total. The molecular weight excluding hydrogens is 510 g/mol. The number of aryl methyl sites for hydroxylation is 2. The Balaban J connectivity index is 1.46. The fourth-order valence-electron chi connectivity index (χ4n) is 5.21. The number of hydrogen-bond acceptors (Lipinski definition) is 8. The second kappa shape index (κ2) is 12.0. The van der Waals surface area contributed by atoms with Crippen LogP contribution in [0, 0.1) is 10.1 Å². The van der Waals surface area contributed by atoms with E-state index in [1.165, 1.54) is 54.0 Å². The van der Waals surface area contributed by atoms with E-state index in [0.717, 1.165) is 54.3 Å². The number of rotatable bonds is 11. The minimum Gasteiger partial charge on any atom is -0.467 e. The van der Waals surface area contributed by atoms with Crippen LogP contribution in [0.25, 0.3) is 10.2 Å². The number of nitro groups is 1. The van der Waals surface area contributed by atoms with Gasteiger partial charge >= 0.3 is 0 Å². The maximum atomic E-state index is 13.8. The van der Waals surface area contributed by atoms with Gasteiger partial charge in [0.1, 0.15) is 10.6 Å². The number of fused-ring (bicyclic) bond motifs is 4. The standard InChI is InChI=1S/C27H33N3O5S2/c1-2-3-4-5-6-9-12-29-26(31)23-21-10-7-8-11-22(21)37-25(23)28-27(29)36-16-19-14-20(30(32)33)13-18-15-34-17-35-24(18)19/h13-14H,2-12,15-17H2,1H3. The molecule has 2 aliphatic rings. The first kappa shape index (κ1) is 26.2. The van der Waals surface area contributed by atoms with Crippen molar-refractivity contribution in [3.05, 3.63) is 54.2 Å². The van der Waals surface area contributed by atoms with Crippen LogP contribution in [0.15, 0.2) is 22.1 Å². The molecule has 10 heteroatoms. The normalized spacial score (nSPS) is 14.8. The summed E-state index contributed by atoms with van der Waals surface area (Å²) in [5.41, 5.74) is 2.69. The molecular formula is C27H33N3O5S2. The number of nitrogens with zero attached hydrogens (tertiary/aromatic N) is 3. The molecule has 198 valence electrons. The number of unbranched alkanes of at least 4 members (excludes halogenated alkanes) is 5. The highest BCUT2D eigenvalue weighted by Gasteiger charge is 2.24. The molecule has 37 heavy (non-hydrogen) atoms. The van der Waals surface area contributed by atoms with Gasteiger partial charge in [0.15, 0.2) is 11.9 Å². The van der Waals surface area contributed by atoms with Gasteiger partial charge in [-0.1, -0.05) is 50.8 Å². The van der Waals surface area contributed by atoms with Crippen LogP contribution in [0.2, 0.25) is 0 Å². The lowest BCUT2D eigenvalue weighted by molar-refractivity contribution is -0.385. The second-order valence-corrected chi connectivity index (χ2v) is 11.8. The molecule has 0 saturated heterocycles. The zero-order valence-corrected chi connectivity index (χ0v) is 22.9. The van der Waals surface area contributed by atoms with Crippen LogP contribution in [0.3, 0.4) is 0 Å². The first-order chi connectivity index (χ1) is 18.1. The highest BCUT2D eigenvalue weighted by Crippen LogP contribution is 2.38. The van der Waals surface area contributed by atoms with E-state index in [1.54, 1.807) is 17.4 Å². The molecule has 0 atom stereocenters.